The Morgan fingerprint density at radius 1 is 1.18 bits per heavy atom. The van der Waals surface area contributed by atoms with Gasteiger partial charge < -0.3 is 29.2 Å². The monoisotopic (exact) mass is 603 g/mol. The number of pyridine rings is 1. The molecule has 0 fully saturated rings. The van der Waals surface area contributed by atoms with Gasteiger partial charge in [0.15, 0.2) is 17.7 Å². The third-order valence-electron chi connectivity index (χ3n) is 7.70. The van der Waals surface area contributed by atoms with Crippen molar-refractivity contribution in [2.75, 3.05) is 19.8 Å². The number of carboxylic acids is 1. The Kier molecular flexibility index (Phi) is 8.65. The number of carbonyl (C=O) groups excluding carboxylic acids is 1. The van der Waals surface area contributed by atoms with Crippen molar-refractivity contribution < 1.29 is 33.3 Å². The minimum absolute atomic E-state index is 0.229. The molecule has 3 heterocycles. The van der Waals surface area contributed by atoms with Gasteiger partial charge in [-0.15, -0.1) is 0 Å². The first-order valence-electron chi connectivity index (χ1n) is 14.7. The fourth-order valence-electron chi connectivity index (χ4n) is 5.73. The van der Waals surface area contributed by atoms with Gasteiger partial charge in [-0.3, -0.25) is 4.79 Å². The van der Waals surface area contributed by atoms with Gasteiger partial charge in [-0.1, -0.05) is 18.2 Å². The van der Waals surface area contributed by atoms with E-state index in [1.54, 1.807) is 45.4 Å². The second kappa shape index (κ2) is 12.3. The molecule has 0 saturated carbocycles. The van der Waals surface area contributed by atoms with Crippen LogP contribution in [0.5, 0.6) is 11.5 Å². The van der Waals surface area contributed by atoms with Crippen molar-refractivity contribution in [3.63, 3.8) is 0 Å². The van der Waals surface area contributed by atoms with Crippen molar-refractivity contribution in [3.8, 4) is 22.6 Å². The number of amides is 1. The second-order valence-corrected chi connectivity index (χ2v) is 12.0. The first-order chi connectivity index (χ1) is 20.9. The summed E-state index contributed by atoms with van der Waals surface area (Å²) >= 11 is 0. The number of rotatable bonds is 9. The fraction of sp³-hybridized carbons (Fsp3) is 0.382. The summed E-state index contributed by atoms with van der Waals surface area (Å²) in [5.74, 6) is -1.14. The maximum Gasteiger partial charge on any atom is 0.337 e. The Labute approximate surface area is 256 Å². The fourth-order valence-corrected chi connectivity index (χ4v) is 5.73. The van der Waals surface area contributed by atoms with Gasteiger partial charge in [-0.25, -0.2) is 14.2 Å². The van der Waals surface area contributed by atoms with E-state index >= 15 is 4.39 Å². The van der Waals surface area contributed by atoms with Crippen LogP contribution >= 0.6 is 0 Å². The van der Waals surface area contributed by atoms with Crippen LogP contribution in [-0.2, 0) is 23.0 Å². The molecule has 2 aromatic carbocycles. The molecule has 1 atom stereocenters. The number of carbonyl (C=O) groups is 2. The van der Waals surface area contributed by atoms with Crippen LogP contribution in [0, 0.1) is 19.7 Å². The minimum atomic E-state index is -1.40. The molecule has 1 amide bonds. The predicted molar refractivity (Wildman–Crippen MR) is 165 cm³/mol. The lowest BCUT2D eigenvalue weighted by atomic mass is 9.86. The van der Waals surface area contributed by atoms with Crippen LogP contribution in [0.25, 0.3) is 22.2 Å². The summed E-state index contributed by atoms with van der Waals surface area (Å²) in [6, 6.07) is 12.4. The van der Waals surface area contributed by atoms with Gasteiger partial charge in [0.2, 0.25) is 0 Å². The van der Waals surface area contributed by atoms with Crippen LogP contribution in [0.1, 0.15) is 66.2 Å². The van der Waals surface area contributed by atoms with E-state index in [9.17, 15) is 14.7 Å². The Balaban J connectivity index is 1.65. The number of aliphatic carboxylic acids is 1. The van der Waals surface area contributed by atoms with Crippen molar-refractivity contribution >= 4 is 22.9 Å². The normalized spacial score (nSPS) is 13.7. The number of fused-ring (bicyclic) bond motifs is 2. The smallest absolute Gasteiger partial charge is 0.337 e. The molecule has 0 aliphatic carbocycles. The lowest BCUT2D eigenvalue weighted by molar-refractivity contribution is -0.160. The molecule has 2 N–H and O–H groups in total. The highest BCUT2D eigenvalue weighted by Gasteiger charge is 2.34. The number of halogens is 1. The molecule has 2 aromatic heterocycles. The van der Waals surface area contributed by atoms with Crippen molar-refractivity contribution in [1.29, 1.82) is 0 Å². The SMILES string of the molecule is Cc1nc2c(cc(C(=O)NCCOc3ccccc3)n2C)c(-c2cc(F)c3c(c2C)CCCO3)c1[C@H](OC(C)(C)C)C(=O)O. The number of ether oxygens (including phenoxy) is 3. The Bertz CT molecular complexity index is 1730. The van der Waals surface area contributed by atoms with Gasteiger partial charge >= 0.3 is 5.97 Å². The molecule has 44 heavy (non-hydrogen) atoms. The Morgan fingerprint density at radius 3 is 2.59 bits per heavy atom. The molecule has 0 unspecified atom stereocenters. The molecule has 0 saturated heterocycles. The van der Waals surface area contributed by atoms with E-state index in [1.165, 1.54) is 6.07 Å². The summed E-state index contributed by atoms with van der Waals surface area (Å²) < 4.78 is 34.7. The van der Waals surface area contributed by atoms with Crippen LogP contribution in [0.3, 0.4) is 0 Å². The van der Waals surface area contributed by atoms with Gasteiger partial charge in [0.1, 0.15) is 23.7 Å². The molecule has 4 aromatic rings. The molecule has 232 valence electrons. The quantitative estimate of drug-likeness (QED) is 0.223. The maximum absolute atomic E-state index is 15.6. The second-order valence-electron chi connectivity index (χ2n) is 12.0. The van der Waals surface area contributed by atoms with Gasteiger partial charge in [-0.05, 0) is 82.9 Å². The Morgan fingerprint density at radius 2 is 1.91 bits per heavy atom. The van der Waals surface area contributed by atoms with Gasteiger partial charge in [-0.2, -0.15) is 0 Å². The van der Waals surface area contributed by atoms with E-state index in [0.29, 0.717) is 57.9 Å². The summed E-state index contributed by atoms with van der Waals surface area (Å²) in [6.45, 7) is 9.88. The third-order valence-corrected chi connectivity index (χ3v) is 7.70. The first-order valence-corrected chi connectivity index (χ1v) is 14.7. The predicted octanol–water partition coefficient (Wildman–Crippen LogP) is 6.07. The molecule has 10 heteroatoms. The van der Waals surface area contributed by atoms with E-state index in [4.69, 9.17) is 19.2 Å². The molecule has 1 aliphatic heterocycles. The zero-order valence-electron chi connectivity index (χ0n) is 25.9. The summed E-state index contributed by atoms with van der Waals surface area (Å²) in [5, 5.41) is 13.8. The molecule has 0 spiro atoms. The number of aryl methyl sites for hydroxylation is 2. The summed E-state index contributed by atoms with van der Waals surface area (Å²) in [6.07, 6.45) is -0.0320. The van der Waals surface area contributed by atoms with Crippen LogP contribution in [-0.4, -0.2) is 51.9 Å². The van der Waals surface area contributed by atoms with E-state index in [2.05, 4.69) is 5.32 Å². The third kappa shape index (κ3) is 6.12. The molecular weight excluding hydrogens is 565 g/mol. The molecule has 9 nitrogen and oxygen atoms in total. The van der Waals surface area contributed by atoms with Gasteiger partial charge in [0.05, 0.1) is 18.8 Å². The number of para-hydroxylation sites is 1. The lowest BCUT2D eigenvalue weighted by Gasteiger charge is -2.29. The zero-order valence-corrected chi connectivity index (χ0v) is 25.9. The van der Waals surface area contributed by atoms with Crippen molar-refractivity contribution in [2.24, 2.45) is 7.05 Å². The number of nitrogens with one attached hydrogen (secondary N) is 1. The number of aromatic nitrogens is 2. The molecule has 0 radical (unpaired) electrons. The zero-order chi connectivity index (χ0) is 31.8. The van der Waals surface area contributed by atoms with E-state index in [-0.39, 0.29) is 24.8 Å². The van der Waals surface area contributed by atoms with E-state index < -0.39 is 23.5 Å². The van der Waals surface area contributed by atoms with Gasteiger partial charge in [0.25, 0.3) is 5.91 Å². The van der Waals surface area contributed by atoms with Crippen molar-refractivity contribution in [3.05, 3.63) is 76.4 Å². The highest BCUT2D eigenvalue weighted by molar-refractivity contribution is 6.04. The highest BCUT2D eigenvalue weighted by atomic mass is 19.1. The Hall–Kier alpha value is -4.44. The number of benzene rings is 2. The van der Waals surface area contributed by atoms with Crippen molar-refractivity contribution in [1.82, 2.24) is 14.9 Å². The van der Waals surface area contributed by atoms with Crippen LogP contribution in [0.2, 0.25) is 0 Å². The minimum Gasteiger partial charge on any atom is -0.492 e. The number of nitrogens with zero attached hydrogens (tertiary/aromatic N) is 2. The lowest BCUT2D eigenvalue weighted by Crippen LogP contribution is -2.29. The van der Waals surface area contributed by atoms with Crippen LogP contribution < -0.4 is 14.8 Å². The molecule has 1 aliphatic rings. The number of carboxylic acid groups (broad SMARTS) is 1. The van der Waals surface area contributed by atoms with Crippen molar-refractivity contribution in [2.45, 2.75) is 59.2 Å². The van der Waals surface area contributed by atoms with Crippen LogP contribution in [0.4, 0.5) is 4.39 Å². The topological polar surface area (TPSA) is 112 Å². The van der Waals surface area contributed by atoms with Crippen LogP contribution in [0.15, 0.2) is 42.5 Å². The number of hydrogen-bond donors (Lipinski definition) is 2. The first kappa shape index (κ1) is 31.0. The van der Waals surface area contributed by atoms with E-state index in [1.807, 2.05) is 37.3 Å². The van der Waals surface area contributed by atoms with Gasteiger partial charge in [0, 0.05) is 34.8 Å². The molecule has 5 rings (SSSR count). The average Bonchev–Trinajstić information content (AvgIpc) is 3.31. The summed E-state index contributed by atoms with van der Waals surface area (Å²) in [4.78, 5) is 30.9. The summed E-state index contributed by atoms with van der Waals surface area (Å²) in [7, 11) is 1.72. The maximum atomic E-state index is 15.6. The molecular formula is C34H38FN3O6. The largest absolute Gasteiger partial charge is 0.492 e. The number of hydrogen-bond acceptors (Lipinski definition) is 6. The standard InChI is InChI=1S/C34H38FN3O6/c1-19-22-13-10-15-43-29(22)25(35)17-23(19)28-24-18-26(32(39)36-14-16-42-21-11-8-7-9-12-21)38(6)31(24)37-20(2)27(28)30(33(40)41)44-34(3,4)5/h7-9,11-12,17-18,30H,10,13-16H2,1-6H3,(H,36,39)(H,40,41)/t30-/m0/s1. The molecule has 0 bridgehead atoms. The summed E-state index contributed by atoms with van der Waals surface area (Å²) in [5.41, 5.74) is 3.18. The highest BCUT2D eigenvalue weighted by Crippen LogP contribution is 2.44. The average molecular weight is 604 g/mol. The van der Waals surface area contributed by atoms with E-state index in [0.717, 1.165) is 17.5 Å².